The minimum Gasteiger partial charge on any atom is -0.452 e. The second-order valence-corrected chi connectivity index (χ2v) is 7.52. The van der Waals surface area contributed by atoms with E-state index in [1.807, 2.05) is 0 Å². The predicted molar refractivity (Wildman–Crippen MR) is 95.6 cm³/mol. The minimum atomic E-state index is -0.838. The van der Waals surface area contributed by atoms with Crippen LogP contribution in [-0.4, -0.2) is 35.7 Å². The zero-order chi connectivity index (χ0) is 18.6. The summed E-state index contributed by atoms with van der Waals surface area (Å²) in [6.45, 7) is -0.444. The lowest BCUT2D eigenvalue weighted by Crippen LogP contribution is -2.46. The van der Waals surface area contributed by atoms with Crippen molar-refractivity contribution in [1.82, 2.24) is 5.32 Å². The molecule has 1 fully saturated rings. The molecule has 2 N–H and O–H groups in total. The van der Waals surface area contributed by atoms with Gasteiger partial charge in [-0.05, 0) is 43.9 Å². The average Bonchev–Trinajstić information content (AvgIpc) is 3.01. The van der Waals surface area contributed by atoms with E-state index in [4.69, 9.17) is 4.74 Å². The number of amides is 2. The van der Waals surface area contributed by atoms with E-state index in [-0.39, 0.29) is 11.5 Å². The van der Waals surface area contributed by atoms with Crippen molar-refractivity contribution in [2.24, 2.45) is 0 Å². The Hall–Kier alpha value is -2.53. The van der Waals surface area contributed by atoms with Crippen LogP contribution in [0.4, 0.5) is 5.69 Å². The number of fused-ring (bicyclic) bond motifs is 1. The van der Waals surface area contributed by atoms with Gasteiger partial charge in [0.15, 0.2) is 6.61 Å². The van der Waals surface area contributed by atoms with Crippen molar-refractivity contribution >= 4 is 35.2 Å². The molecular weight excluding hydrogens is 354 g/mol. The molecule has 2 amide bonds. The molecule has 0 radical (unpaired) electrons. The topological polar surface area (TPSA) is 108 Å². The van der Waals surface area contributed by atoms with Gasteiger partial charge in [0.2, 0.25) is 5.91 Å². The van der Waals surface area contributed by atoms with Gasteiger partial charge in [0, 0.05) is 17.1 Å². The number of nitrogens with zero attached hydrogens (tertiary/aromatic N) is 1. The highest BCUT2D eigenvalue weighted by Gasteiger charge is 2.35. The number of nitrogens with one attached hydrogen (secondary N) is 2. The first-order valence-electron chi connectivity index (χ1n) is 8.47. The van der Waals surface area contributed by atoms with Crippen LogP contribution in [0, 0.1) is 11.3 Å². The van der Waals surface area contributed by atoms with E-state index < -0.39 is 24.0 Å². The molecule has 1 aromatic carbocycles. The normalized spacial score (nSPS) is 18.0. The third-order valence-electron chi connectivity index (χ3n) is 4.46. The highest BCUT2D eigenvalue weighted by molar-refractivity contribution is 7.99. The summed E-state index contributed by atoms with van der Waals surface area (Å²) in [4.78, 5) is 36.8. The molecule has 1 saturated carbocycles. The largest absolute Gasteiger partial charge is 0.452 e. The molecule has 1 heterocycles. The number of benzene rings is 1. The fraction of sp³-hybridized carbons (Fsp3) is 0.444. The number of carbonyl (C=O) groups excluding carboxylic acids is 3. The Morgan fingerprint density at radius 2 is 2.12 bits per heavy atom. The quantitative estimate of drug-likeness (QED) is 0.784. The second-order valence-electron chi connectivity index (χ2n) is 6.38. The fourth-order valence-corrected chi connectivity index (χ4v) is 4.04. The maximum Gasteiger partial charge on any atom is 0.338 e. The zero-order valence-electron chi connectivity index (χ0n) is 14.2. The lowest BCUT2D eigenvalue weighted by Gasteiger charge is -2.21. The van der Waals surface area contributed by atoms with Crippen molar-refractivity contribution in [2.75, 3.05) is 17.7 Å². The van der Waals surface area contributed by atoms with Crippen molar-refractivity contribution in [2.45, 2.75) is 42.5 Å². The van der Waals surface area contributed by atoms with E-state index in [2.05, 4.69) is 16.7 Å². The molecule has 1 aromatic rings. The molecule has 8 heteroatoms. The fourth-order valence-electron chi connectivity index (χ4n) is 3.11. The van der Waals surface area contributed by atoms with Crippen LogP contribution in [0.1, 0.15) is 42.5 Å². The standard InChI is InChI=1S/C18H19N3O4S/c19-11-18(6-1-2-7-18)21-16(23)10-25-17(24)12-3-4-14-13(9-12)20-15(22)5-8-26-14/h3-4,9H,1-2,5-8,10H2,(H,20,22)(H,21,23). The van der Waals surface area contributed by atoms with Gasteiger partial charge in [0.25, 0.3) is 5.91 Å². The molecule has 136 valence electrons. The van der Waals surface area contributed by atoms with Crippen LogP contribution in [0.3, 0.4) is 0 Å². The summed E-state index contributed by atoms with van der Waals surface area (Å²) in [7, 11) is 0. The smallest absolute Gasteiger partial charge is 0.338 e. The molecular formula is C18H19N3O4S. The second kappa shape index (κ2) is 7.79. The van der Waals surface area contributed by atoms with E-state index >= 15 is 0 Å². The van der Waals surface area contributed by atoms with Crippen molar-refractivity contribution in [1.29, 1.82) is 5.26 Å². The molecule has 0 saturated heterocycles. The first kappa shape index (κ1) is 18.3. The van der Waals surface area contributed by atoms with Gasteiger partial charge in [0.05, 0.1) is 17.3 Å². The van der Waals surface area contributed by atoms with E-state index in [0.717, 1.165) is 17.7 Å². The number of anilines is 1. The van der Waals surface area contributed by atoms with Gasteiger partial charge in [-0.2, -0.15) is 5.26 Å². The molecule has 0 aromatic heterocycles. The Bertz CT molecular complexity index is 781. The molecule has 26 heavy (non-hydrogen) atoms. The molecule has 0 atom stereocenters. The predicted octanol–water partition coefficient (Wildman–Crippen LogP) is 2.23. The summed E-state index contributed by atoms with van der Waals surface area (Å²) in [5.74, 6) is -0.549. The van der Waals surface area contributed by atoms with Gasteiger partial charge >= 0.3 is 5.97 Å². The molecule has 0 spiro atoms. The van der Waals surface area contributed by atoms with Gasteiger partial charge in [-0.15, -0.1) is 11.8 Å². The van der Waals surface area contributed by atoms with Crippen LogP contribution in [0.2, 0.25) is 0 Å². The third kappa shape index (κ3) is 4.17. The van der Waals surface area contributed by atoms with Crippen LogP contribution in [0.5, 0.6) is 0 Å². The molecule has 0 bridgehead atoms. The maximum absolute atomic E-state index is 12.2. The summed E-state index contributed by atoms with van der Waals surface area (Å²) >= 11 is 1.54. The van der Waals surface area contributed by atoms with Gasteiger partial charge in [-0.25, -0.2) is 4.79 Å². The molecule has 1 aliphatic carbocycles. The van der Waals surface area contributed by atoms with Crippen molar-refractivity contribution in [3.05, 3.63) is 23.8 Å². The van der Waals surface area contributed by atoms with Crippen LogP contribution < -0.4 is 10.6 Å². The van der Waals surface area contributed by atoms with Gasteiger partial charge in [-0.3, -0.25) is 9.59 Å². The van der Waals surface area contributed by atoms with E-state index in [1.165, 1.54) is 0 Å². The number of thioether (sulfide) groups is 1. The van der Waals surface area contributed by atoms with Gasteiger partial charge in [-0.1, -0.05) is 0 Å². The number of carbonyl (C=O) groups is 3. The average molecular weight is 373 g/mol. The number of hydrogen-bond donors (Lipinski definition) is 2. The molecule has 2 aliphatic rings. The van der Waals surface area contributed by atoms with Crippen LogP contribution in [0.25, 0.3) is 0 Å². The van der Waals surface area contributed by atoms with E-state index in [1.54, 1.807) is 30.0 Å². The molecule has 0 unspecified atom stereocenters. The maximum atomic E-state index is 12.2. The van der Waals surface area contributed by atoms with Crippen molar-refractivity contribution < 1.29 is 19.1 Å². The summed E-state index contributed by atoms with van der Waals surface area (Å²) < 4.78 is 5.06. The highest BCUT2D eigenvalue weighted by Crippen LogP contribution is 2.32. The van der Waals surface area contributed by atoms with Crippen molar-refractivity contribution in [3.63, 3.8) is 0 Å². The summed E-state index contributed by atoms with van der Waals surface area (Å²) in [5, 5.41) is 14.7. The SMILES string of the molecule is N#CC1(NC(=O)COC(=O)c2ccc3c(c2)NC(=O)CCS3)CCCC1. The van der Waals surface area contributed by atoms with Crippen LogP contribution >= 0.6 is 11.8 Å². The van der Waals surface area contributed by atoms with Gasteiger partial charge in [0.1, 0.15) is 5.54 Å². The number of esters is 1. The Morgan fingerprint density at radius 1 is 1.35 bits per heavy atom. The first-order valence-corrected chi connectivity index (χ1v) is 9.46. The summed E-state index contributed by atoms with van der Waals surface area (Å²) in [5.41, 5.74) is -0.00397. The lowest BCUT2D eigenvalue weighted by atomic mass is 10.00. The monoisotopic (exact) mass is 373 g/mol. The molecule has 1 aliphatic heterocycles. The Balaban J connectivity index is 1.59. The number of ether oxygens (including phenoxy) is 1. The molecule has 3 rings (SSSR count). The van der Waals surface area contributed by atoms with E-state index in [9.17, 15) is 19.6 Å². The molecule has 7 nitrogen and oxygen atoms in total. The highest BCUT2D eigenvalue weighted by atomic mass is 32.2. The van der Waals surface area contributed by atoms with Crippen molar-refractivity contribution in [3.8, 4) is 6.07 Å². The Labute approximate surface area is 155 Å². The van der Waals surface area contributed by atoms with Crippen LogP contribution in [-0.2, 0) is 14.3 Å². The van der Waals surface area contributed by atoms with Crippen LogP contribution in [0.15, 0.2) is 23.1 Å². The lowest BCUT2D eigenvalue weighted by molar-refractivity contribution is -0.125. The van der Waals surface area contributed by atoms with E-state index in [0.29, 0.717) is 30.7 Å². The summed E-state index contributed by atoms with van der Waals surface area (Å²) in [6, 6.07) is 7.08. The Kier molecular flexibility index (Phi) is 5.47. The summed E-state index contributed by atoms with van der Waals surface area (Å²) in [6.07, 6.45) is 3.44. The number of nitriles is 1. The number of hydrogen-bond acceptors (Lipinski definition) is 6. The number of rotatable bonds is 4. The third-order valence-corrected chi connectivity index (χ3v) is 5.54. The zero-order valence-corrected chi connectivity index (χ0v) is 15.0. The minimum absolute atomic E-state index is 0.0977. The Morgan fingerprint density at radius 3 is 2.85 bits per heavy atom. The first-order chi connectivity index (χ1) is 12.5. The van der Waals surface area contributed by atoms with Gasteiger partial charge < -0.3 is 15.4 Å².